The largest absolute Gasteiger partial charge is 0.743 e. The zero-order valence-corrected chi connectivity index (χ0v) is 21.1. The number of nitrogens with one attached hydrogen (secondary N) is 1. The van der Waals surface area contributed by atoms with Crippen LogP contribution in [-0.4, -0.2) is 48.1 Å². The molecule has 1 N–H and O–H groups in total. The molecule has 4 fully saturated rings. The first kappa shape index (κ1) is 27.2. The molecule has 1 amide bonds. The van der Waals surface area contributed by atoms with Crippen LogP contribution < -0.4 is 10.1 Å². The minimum Gasteiger partial charge on any atom is -0.743 e. The number of alkyl halides is 5. The molecule has 4 aliphatic rings. The summed E-state index contributed by atoms with van der Waals surface area (Å²) in [5.41, 5.74) is -1.77. The Hall–Kier alpha value is -1.88. The normalized spacial score (nSPS) is 28.6. The highest BCUT2D eigenvalue weighted by molar-refractivity contribution is 14.1. The fraction of sp³-hybridized carbons (Fsp3) is 0.571. The molecule has 0 saturated heterocycles. The van der Waals surface area contributed by atoms with Crippen LogP contribution >= 0.6 is 22.6 Å². The number of esters is 1. The number of amides is 1. The lowest BCUT2D eigenvalue weighted by Crippen LogP contribution is -2.59. The Morgan fingerprint density at radius 3 is 2.22 bits per heavy atom. The highest BCUT2D eigenvalue weighted by atomic mass is 127. The Labute approximate surface area is 215 Å². The predicted molar refractivity (Wildman–Crippen MR) is 118 cm³/mol. The number of benzene rings is 1. The van der Waals surface area contributed by atoms with Gasteiger partial charge in [0.25, 0.3) is 5.91 Å². The molecule has 198 valence electrons. The number of rotatable bonds is 6. The summed E-state index contributed by atoms with van der Waals surface area (Å²) in [6.07, 6.45) is -3.75. The second-order valence-electron chi connectivity index (χ2n) is 9.52. The minimum atomic E-state index is -6.81. The lowest BCUT2D eigenvalue weighted by molar-refractivity contribution is -0.191. The Kier molecular flexibility index (Phi) is 6.68. The third-order valence-corrected chi connectivity index (χ3v) is 8.66. The molecule has 8 nitrogen and oxygen atoms in total. The molecule has 3 atom stereocenters. The zero-order valence-electron chi connectivity index (χ0n) is 18.1. The van der Waals surface area contributed by atoms with E-state index in [9.17, 15) is 49.3 Å². The van der Waals surface area contributed by atoms with Crippen LogP contribution in [0.1, 0.15) is 42.5 Å². The number of ketones is 1. The first-order valence-corrected chi connectivity index (χ1v) is 13.2. The minimum absolute atomic E-state index is 0.0937. The summed E-state index contributed by atoms with van der Waals surface area (Å²) in [5.74, 6) is -3.52. The fourth-order valence-electron chi connectivity index (χ4n) is 5.68. The first-order chi connectivity index (χ1) is 16.4. The molecule has 0 heterocycles. The maximum Gasteiger partial charge on any atom is 0.415 e. The second kappa shape index (κ2) is 8.85. The van der Waals surface area contributed by atoms with Crippen molar-refractivity contribution in [1.29, 1.82) is 0 Å². The molecule has 4 bridgehead atoms. The molecule has 4 aliphatic carbocycles. The maximum absolute atomic E-state index is 13.8. The van der Waals surface area contributed by atoms with Crippen LogP contribution in [0.5, 0.6) is 5.75 Å². The topological polar surface area (TPSA) is 130 Å². The van der Waals surface area contributed by atoms with Crippen molar-refractivity contribution in [2.24, 2.45) is 23.2 Å². The van der Waals surface area contributed by atoms with Crippen molar-refractivity contribution in [3.05, 3.63) is 27.3 Å². The Bertz CT molecular complexity index is 1220. The van der Waals surface area contributed by atoms with Crippen LogP contribution in [0.2, 0.25) is 0 Å². The van der Waals surface area contributed by atoms with Crippen LogP contribution in [0.3, 0.4) is 0 Å². The SMILES string of the molecule is O=C(NC(C(F)(F)F)C(F)(F)S(=O)(=O)[O-])c1ccc(I)cc1OC(=O)C12CC3CC(C1)C(=O)C(C3)C2. The van der Waals surface area contributed by atoms with Crippen LogP contribution in [0.25, 0.3) is 0 Å². The van der Waals surface area contributed by atoms with E-state index < -0.39 is 56.2 Å². The smallest absolute Gasteiger partial charge is 0.415 e. The van der Waals surface area contributed by atoms with Crippen LogP contribution in [-0.2, 0) is 19.7 Å². The van der Waals surface area contributed by atoms with Gasteiger partial charge >= 0.3 is 17.4 Å². The van der Waals surface area contributed by atoms with Crippen molar-refractivity contribution in [2.45, 2.75) is 49.6 Å². The molecule has 5 rings (SSSR count). The average Bonchev–Trinajstić information content (AvgIpc) is 2.73. The van der Waals surface area contributed by atoms with Gasteiger partial charge in [-0.3, -0.25) is 14.4 Å². The number of hydrogen-bond donors (Lipinski definition) is 1. The molecule has 0 spiro atoms. The van der Waals surface area contributed by atoms with E-state index in [4.69, 9.17) is 4.74 Å². The lowest BCUT2D eigenvalue weighted by atomic mass is 9.49. The molecule has 3 unspecified atom stereocenters. The van der Waals surface area contributed by atoms with Crippen LogP contribution in [0.15, 0.2) is 18.2 Å². The molecule has 1 aromatic carbocycles. The third-order valence-electron chi connectivity index (χ3n) is 7.09. The summed E-state index contributed by atoms with van der Waals surface area (Å²) in [6, 6.07) is -1.08. The number of halogens is 6. The highest BCUT2D eigenvalue weighted by Crippen LogP contribution is 2.59. The molecule has 1 aromatic rings. The summed E-state index contributed by atoms with van der Waals surface area (Å²) in [4.78, 5) is 38.2. The predicted octanol–water partition coefficient (Wildman–Crippen LogP) is 3.39. The van der Waals surface area contributed by atoms with Crippen molar-refractivity contribution in [3.63, 3.8) is 0 Å². The number of ether oxygens (including phenoxy) is 1. The second-order valence-corrected chi connectivity index (χ2v) is 12.2. The van der Waals surface area contributed by atoms with Gasteiger partial charge in [-0.1, -0.05) is 0 Å². The zero-order chi connectivity index (χ0) is 26.8. The first-order valence-electron chi connectivity index (χ1n) is 10.7. The summed E-state index contributed by atoms with van der Waals surface area (Å²) in [5, 5.41) is -5.05. The van der Waals surface area contributed by atoms with Gasteiger partial charge in [0.05, 0.1) is 11.0 Å². The average molecular weight is 650 g/mol. The van der Waals surface area contributed by atoms with Gasteiger partial charge in [-0.2, -0.15) is 22.0 Å². The number of carbonyl (C=O) groups excluding carboxylic acids is 3. The number of hydrogen-bond acceptors (Lipinski definition) is 7. The van der Waals surface area contributed by atoms with Crippen molar-refractivity contribution in [1.82, 2.24) is 5.32 Å². The van der Waals surface area contributed by atoms with E-state index in [-0.39, 0.29) is 36.4 Å². The van der Waals surface area contributed by atoms with Gasteiger partial charge < -0.3 is 14.6 Å². The van der Waals surface area contributed by atoms with E-state index in [2.05, 4.69) is 0 Å². The van der Waals surface area contributed by atoms with E-state index in [1.54, 1.807) is 22.6 Å². The summed E-state index contributed by atoms with van der Waals surface area (Å²) in [6.45, 7) is 0. The van der Waals surface area contributed by atoms with Gasteiger partial charge in [0.1, 0.15) is 11.5 Å². The van der Waals surface area contributed by atoms with Gasteiger partial charge in [-0.05, 0) is 78.8 Å². The summed E-state index contributed by atoms with van der Waals surface area (Å²) in [7, 11) is -6.81. The van der Waals surface area contributed by atoms with E-state index in [0.29, 0.717) is 22.8 Å². The van der Waals surface area contributed by atoms with Crippen molar-refractivity contribution in [2.75, 3.05) is 0 Å². The van der Waals surface area contributed by atoms with E-state index >= 15 is 0 Å². The Morgan fingerprint density at radius 1 is 1.11 bits per heavy atom. The molecule has 15 heteroatoms. The Morgan fingerprint density at radius 2 is 1.69 bits per heavy atom. The quantitative estimate of drug-likeness (QED) is 0.164. The van der Waals surface area contributed by atoms with Crippen molar-refractivity contribution < 1.29 is 54.0 Å². The maximum atomic E-state index is 13.8. The highest BCUT2D eigenvalue weighted by Gasteiger charge is 2.61. The lowest BCUT2D eigenvalue weighted by Gasteiger charge is -2.53. The molecule has 0 aromatic heterocycles. The van der Waals surface area contributed by atoms with Crippen molar-refractivity contribution >= 4 is 50.4 Å². The van der Waals surface area contributed by atoms with E-state index in [0.717, 1.165) is 17.4 Å². The van der Waals surface area contributed by atoms with E-state index in [1.165, 1.54) is 6.07 Å². The van der Waals surface area contributed by atoms with Gasteiger partial charge in [-0.25, -0.2) is 8.42 Å². The Balaban J connectivity index is 1.62. The van der Waals surface area contributed by atoms with Crippen LogP contribution in [0, 0.1) is 26.7 Å². The van der Waals surface area contributed by atoms with E-state index in [1.807, 2.05) is 0 Å². The van der Waals surface area contributed by atoms with Gasteiger partial charge in [0.15, 0.2) is 10.1 Å². The monoisotopic (exact) mass is 650 g/mol. The third kappa shape index (κ3) is 4.73. The summed E-state index contributed by atoms with van der Waals surface area (Å²) < 4.78 is 106. The molecule has 4 saturated carbocycles. The van der Waals surface area contributed by atoms with Gasteiger partial charge in [0.2, 0.25) is 6.04 Å². The molecule has 36 heavy (non-hydrogen) atoms. The molecular weight excluding hydrogens is 632 g/mol. The van der Waals surface area contributed by atoms with Gasteiger partial charge in [-0.15, -0.1) is 0 Å². The van der Waals surface area contributed by atoms with Crippen molar-refractivity contribution in [3.8, 4) is 5.75 Å². The fourth-order valence-corrected chi connectivity index (χ4v) is 6.63. The molecule has 0 radical (unpaired) electrons. The molecule has 0 aliphatic heterocycles. The number of carbonyl (C=O) groups is 3. The standard InChI is InChI=1S/C21H19F5INO7S/c22-20(23,24)17(21(25,26)36(32,33)34)28-16(30)13-2-1-12(27)5-14(13)35-18(31)19-6-9-3-10(7-19)15(29)11(4-9)8-19/h1-2,5,9-11,17H,3-4,6-8H2,(H,28,30)(H,32,33,34)/p-1. The number of Topliss-reactive ketones (excluding diaryl/α,β-unsaturated/α-hetero) is 1. The summed E-state index contributed by atoms with van der Waals surface area (Å²) >= 11 is 1.76. The van der Waals surface area contributed by atoms with Crippen LogP contribution in [0.4, 0.5) is 22.0 Å². The van der Waals surface area contributed by atoms with Gasteiger partial charge in [0, 0.05) is 15.4 Å². The molecular formula is C21H18F5INO7S-.